The number of hydrogen-bond donors (Lipinski definition) is 3. The SMILES string of the molecule is COc1ccc(CC(NP(=O)(O)Cc2ccccc2)C(=O)O)c(OC)c1OC. The fourth-order valence-corrected chi connectivity index (χ4v) is 4.34. The third kappa shape index (κ3) is 5.48. The normalized spacial score (nSPS) is 14.0. The number of carbonyl (C=O) groups is 1. The van der Waals surface area contributed by atoms with Gasteiger partial charge in [-0.05, 0) is 11.6 Å². The van der Waals surface area contributed by atoms with E-state index < -0.39 is 19.5 Å². The van der Waals surface area contributed by atoms with Gasteiger partial charge in [0.1, 0.15) is 6.04 Å². The van der Waals surface area contributed by atoms with E-state index >= 15 is 0 Å². The van der Waals surface area contributed by atoms with Gasteiger partial charge in [0, 0.05) is 12.0 Å². The highest BCUT2D eigenvalue weighted by Gasteiger charge is 2.30. The minimum atomic E-state index is -3.95. The number of nitrogens with one attached hydrogen (secondary N) is 1. The molecule has 0 radical (unpaired) electrons. The summed E-state index contributed by atoms with van der Waals surface area (Å²) >= 11 is 0. The van der Waals surface area contributed by atoms with E-state index in [0.717, 1.165) is 0 Å². The Bertz CT molecular complexity index is 857. The minimum Gasteiger partial charge on any atom is -0.493 e. The van der Waals surface area contributed by atoms with Crippen molar-refractivity contribution < 1.29 is 33.6 Å². The van der Waals surface area contributed by atoms with Crippen LogP contribution in [0.1, 0.15) is 11.1 Å². The van der Waals surface area contributed by atoms with Crippen LogP contribution in [0.15, 0.2) is 42.5 Å². The number of benzene rings is 2. The summed E-state index contributed by atoms with van der Waals surface area (Å²) in [6, 6.07) is 10.7. The van der Waals surface area contributed by atoms with Gasteiger partial charge in [-0.3, -0.25) is 9.36 Å². The third-order valence-corrected chi connectivity index (χ3v) is 5.61. The summed E-state index contributed by atoms with van der Waals surface area (Å²) < 4.78 is 28.4. The van der Waals surface area contributed by atoms with Gasteiger partial charge in [-0.15, -0.1) is 0 Å². The molecule has 0 saturated heterocycles. The second kappa shape index (κ2) is 9.59. The summed E-state index contributed by atoms with van der Waals surface area (Å²) in [5.41, 5.74) is 1.13. The van der Waals surface area contributed by atoms with Crippen molar-refractivity contribution in [1.82, 2.24) is 5.09 Å². The maximum atomic E-state index is 12.6. The lowest BCUT2D eigenvalue weighted by Crippen LogP contribution is -2.36. The first kappa shape index (κ1) is 21.8. The summed E-state index contributed by atoms with van der Waals surface area (Å²) in [4.78, 5) is 22.0. The largest absolute Gasteiger partial charge is 0.493 e. The molecule has 0 aliphatic rings. The van der Waals surface area contributed by atoms with Gasteiger partial charge in [-0.1, -0.05) is 36.4 Å². The number of carboxylic acid groups (broad SMARTS) is 1. The molecule has 0 heterocycles. The lowest BCUT2D eigenvalue weighted by molar-refractivity contribution is -0.139. The van der Waals surface area contributed by atoms with Crippen molar-refractivity contribution in [3.63, 3.8) is 0 Å². The molecule has 2 rings (SSSR count). The minimum absolute atomic E-state index is 0.0851. The van der Waals surface area contributed by atoms with Gasteiger partial charge >= 0.3 is 5.97 Å². The van der Waals surface area contributed by atoms with E-state index in [1.807, 2.05) is 0 Å². The van der Waals surface area contributed by atoms with Crippen molar-refractivity contribution in [2.45, 2.75) is 18.6 Å². The molecule has 0 aliphatic carbocycles. The molecular formula is C19H24NO7P. The Kier molecular flexibility index (Phi) is 7.45. The van der Waals surface area contributed by atoms with Crippen LogP contribution in [0.2, 0.25) is 0 Å². The van der Waals surface area contributed by atoms with Crippen molar-refractivity contribution in [1.29, 1.82) is 0 Å². The van der Waals surface area contributed by atoms with Crippen LogP contribution in [0.4, 0.5) is 0 Å². The maximum Gasteiger partial charge on any atom is 0.321 e. The van der Waals surface area contributed by atoms with Crippen LogP contribution in [-0.4, -0.2) is 43.3 Å². The predicted octanol–water partition coefficient (Wildman–Crippen LogP) is 2.68. The van der Waals surface area contributed by atoms with Crippen molar-refractivity contribution in [3.8, 4) is 17.2 Å². The van der Waals surface area contributed by atoms with Gasteiger partial charge in [0.15, 0.2) is 11.5 Å². The lowest BCUT2D eigenvalue weighted by atomic mass is 10.0. The average molecular weight is 409 g/mol. The van der Waals surface area contributed by atoms with Gasteiger partial charge in [0.2, 0.25) is 5.75 Å². The molecule has 0 aliphatic heterocycles. The number of ether oxygens (including phenoxy) is 3. The van der Waals surface area contributed by atoms with E-state index in [4.69, 9.17) is 14.2 Å². The molecule has 2 atom stereocenters. The summed E-state index contributed by atoms with van der Waals surface area (Å²) in [5, 5.41) is 12.0. The van der Waals surface area contributed by atoms with E-state index in [2.05, 4.69) is 5.09 Å². The lowest BCUT2D eigenvalue weighted by Gasteiger charge is -2.21. The molecule has 28 heavy (non-hydrogen) atoms. The van der Waals surface area contributed by atoms with Crippen LogP contribution in [-0.2, 0) is 21.9 Å². The van der Waals surface area contributed by atoms with Gasteiger partial charge in [0.05, 0.1) is 27.5 Å². The van der Waals surface area contributed by atoms with E-state index in [1.165, 1.54) is 21.3 Å². The number of carboxylic acids is 1. The van der Waals surface area contributed by atoms with Crippen LogP contribution in [0.25, 0.3) is 0 Å². The second-order valence-electron chi connectivity index (χ2n) is 6.06. The predicted molar refractivity (Wildman–Crippen MR) is 104 cm³/mol. The smallest absolute Gasteiger partial charge is 0.321 e. The highest BCUT2D eigenvalue weighted by atomic mass is 31.2. The Morgan fingerprint density at radius 1 is 1.04 bits per heavy atom. The quantitative estimate of drug-likeness (QED) is 0.513. The highest BCUT2D eigenvalue weighted by molar-refractivity contribution is 7.55. The number of hydrogen-bond acceptors (Lipinski definition) is 5. The Morgan fingerprint density at radius 3 is 2.21 bits per heavy atom. The van der Waals surface area contributed by atoms with Crippen molar-refractivity contribution >= 4 is 13.5 Å². The molecule has 8 nitrogen and oxygen atoms in total. The van der Waals surface area contributed by atoms with Crippen LogP contribution >= 0.6 is 7.52 Å². The second-order valence-corrected chi connectivity index (χ2v) is 8.04. The average Bonchev–Trinajstić information content (AvgIpc) is 2.66. The summed E-state index contributed by atoms with van der Waals surface area (Å²) in [6.07, 6.45) is -0.265. The van der Waals surface area contributed by atoms with Crippen LogP contribution in [0.5, 0.6) is 17.2 Å². The molecule has 9 heteroatoms. The Labute approximate surface area is 163 Å². The third-order valence-electron chi connectivity index (χ3n) is 4.11. The first-order valence-corrected chi connectivity index (χ1v) is 10.3. The number of aliphatic carboxylic acids is 1. The van der Waals surface area contributed by atoms with Crippen LogP contribution < -0.4 is 19.3 Å². The van der Waals surface area contributed by atoms with E-state index in [0.29, 0.717) is 28.4 Å². The van der Waals surface area contributed by atoms with Gasteiger partial charge < -0.3 is 24.2 Å². The zero-order valence-electron chi connectivity index (χ0n) is 15.9. The maximum absolute atomic E-state index is 12.6. The molecule has 2 aromatic rings. The molecule has 0 bridgehead atoms. The Hall–Kier alpha value is -2.54. The zero-order chi connectivity index (χ0) is 20.7. The standard InChI is InChI=1S/C19H24NO7P/c1-25-16-10-9-14(17(26-2)18(16)27-3)11-15(19(21)22)20-28(23,24)12-13-7-5-4-6-8-13/h4-10,15H,11-12H2,1-3H3,(H,21,22)(H2,20,23,24). The van der Waals surface area contributed by atoms with Crippen molar-refractivity contribution in [2.75, 3.05) is 21.3 Å². The summed E-state index contributed by atoms with van der Waals surface area (Å²) in [7, 11) is 0.400. The molecule has 152 valence electrons. The molecule has 0 saturated carbocycles. The van der Waals surface area contributed by atoms with Gasteiger partial charge in [-0.25, -0.2) is 5.09 Å². The van der Waals surface area contributed by atoms with Crippen molar-refractivity contribution in [2.24, 2.45) is 0 Å². The van der Waals surface area contributed by atoms with Gasteiger partial charge in [0.25, 0.3) is 7.52 Å². The molecule has 0 fully saturated rings. The first-order valence-electron chi connectivity index (χ1n) is 8.45. The van der Waals surface area contributed by atoms with Crippen molar-refractivity contribution in [3.05, 3.63) is 53.6 Å². The zero-order valence-corrected chi connectivity index (χ0v) is 16.8. The molecule has 0 spiro atoms. The summed E-state index contributed by atoms with van der Waals surface area (Å²) in [6.45, 7) is 0. The molecule has 2 aromatic carbocycles. The Balaban J connectivity index is 2.26. The molecule has 0 aromatic heterocycles. The molecule has 3 N–H and O–H groups in total. The topological polar surface area (TPSA) is 114 Å². The van der Waals surface area contributed by atoms with E-state index in [-0.39, 0.29) is 12.6 Å². The highest BCUT2D eigenvalue weighted by Crippen LogP contribution is 2.43. The monoisotopic (exact) mass is 409 g/mol. The Morgan fingerprint density at radius 2 is 1.68 bits per heavy atom. The number of methoxy groups -OCH3 is 3. The van der Waals surface area contributed by atoms with Crippen LogP contribution in [0.3, 0.4) is 0 Å². The van der Waals surface area contributed by atoms with E-state index in [9.17, 15) is 19.4 Å². The molecule has 0 amide bonds. The molecule has 2 unspecified atom stereocenters. The van der Waals surface area contributed by atoms with E-state index in [1.54, 1.807) is 42.5 Å². The van der Waals surface area contributed by atoms with Gasteiger partial charge in [-0.2, -0.15) is 0 Å². The number of rotatable bonds is 10. The van der Waals surface area contributed by atoms with Crippen LogP contribution in [0, 0.1) is 0 Å². The first-order chi connectivity index (χ1) is 13.3. The fourth-order valence-electron chi connectivity index (χ4n) is 2.85. The fraction of sp³-hybridized carbons (Fsp3) is 0.316. The summed E-state index contributed by atoms with van der Waals surface area (Å²) in [5.74, 6) is -0.187. The molecular weight excluding hydrogens is 385 g/mol.